The van der Waals surface area contributed by atoms with Crippen molar-refractivity contribution in [3.05, 3.63) is 0 Å². The van der Waals surface area contributed by atoms with Crippen LogP contribution in [0.5, 0.6) is 0 Å². The van der Waals surface area contributed by atoms with E-state index in [1.54, 1.807) is 0 Å². The van der Waals surface area contributed by atoms with Crippen LogP contribution in [0.4, 0.5) is 0 Å². The van der Waals surface area contributed by atoms with Gasteiger partial charge in [-0.15, -0.1) is 0 Å². The first-order valence-electron chi connectivity index (χ1n) is 7.98. The van der Waals surface area contributed by atoms with Gasteiger partial charge in [-0.1, -0.05) is 46.5 Å². The third-order valence-corrected chi connectivity index (χ3v) is 3.46. The van der Waals surface area contributed by atoms with E-state index < -0.39 is 18.1 Å². The molecule has 0 heterocycles. The van der Waals surface area contributed by atoms with Gasteiger partial charge in [0, 0.05) is 6.92 Å². The van der Waals surface area contributed by atoms with E-state index in [1.807, 2.05) is 13.8 Å². The van der Waals surface area contributed by atoms with Crippen molar-refractivity contribution in [1.29, 1.82) is 0 Å². The molecule has 0 unspecified atom stereocenters. The molecule has 0 aliphatic heterocycles. The quantitative estimate of drug-likeness (QED) is 0.475. The molecule has 0 fully saturated rings. The van der Waals surface area contributed by atoms with Gasteiger partial charge >= 0.3 is 5.97 Å². The zero-order valence-electron chi connectivity index (χ0n) is 14.4. The number of hydrogen-bond acceptors (Lipinski definition) is 4. The summed E-state index contributed by atoms with van der Waals surface area (Å²) in [6.45, 7) is 7.16. The highest BCUT2D eigenvalue weighted by Crippen LogP contribution is 2.09. The zero-order chi connectivity index (χ0) is 17.1. The number of hydrogen-bond donors (Lipinski definition) is 2. The number of carbonyl (C=O) groups is 3. The Morgan fingerprint density at radius 1 is 1.05 bits per heavy atom. The lowest BCUT2D eigenvalue weighted by molar-refractivity contribution is -0.145. The van der Waals surface area contributed by atoms with Gasteiger partial charge in [0.25, 0.3) is 0 Å². The minimum Gasteiger partial charge on any atom is -0.467 e. The Morgan fingerprint density at radius 3 is 2.14 bits per heavy atom. The van der Waals surface area contributed by atoms with Crippen molar-refractivity contribution in [2.75, 3.05) is 7.11 Å². The molecule has 0 bridgehead atoms. The number of amides is 2. The standard InChI is InChI=1S/C16H30N2O4/c1-6-7-8-9-10-13(16(21)22-5)18-15(20)14(11(2)3)17-12(4)19/h11,13-14H,6-10H2,1-5H3,(H,17,19)(H,18,20)/t13-,14-/m1/s1. The van der Waals surface area contributed by atoms with Gasteiger partial charge in [0.15, 0.2) is 0 Å². The monoisotopic (exact) mass is 314 g/mol. The maximum absolute atomic E-state index is 12.3. The van der Waals surface area contributed by atoms with Crippen molar-refractivity contribution >= 4 is 17.8 Å². The molecule has 6 heteroatoms. The highest BCUT2D eigenvalue weighted by Gasteiger charge is 2.28. The molecule has 0 aliphatic carbocycles. The van der Waals surface area contributed by atoms with Gasteiger partial charge in [-0.3, -0.25) is 9.59 Å². The second-order valence-corrected chi connectivity index (χ2v) is 5.86. The fraction of sp³-hybridized carbons (Fsp3) is 0.812. The van der Waals surface area contributed by atoms with Gasteiger partial charge in [-0.2, -0.15) is 0 Å². The molecule has 6 nitrogen and oxygen atoms in total. The first-order chi connectivity index (χ1) is 10.3. The Bertz CT molecular complexity index is 369. The number of esters is 1. The van der Waals surface area contributed by atoms with Crippen LogP contribution in [0.3, 0.4) is 0 Å². The lowest BCUT2D eigenvalue weighted by Crippen LogP contribution is -2.53. The summed E-state index contributed by atoms with van der Waals surface area (Å²) < 4.78 is 4.75. The van der Waals surface area contributed by atoms with Gasteiger partial charge in [0.05, 0.1) is 7.11 Å². The number of unbranched alkanes of at least 4 members (excludes halogenated alkanes) is 3. The largest absolute Gasteiger partial charge is 0.467 e. The molecule has 0 radical (unpaired) electrons. The normalized spacial score (nSPS) is 13.4. The summed E-state index contributed by atoms with van der Waals surface area (Å²) in [4.78, 5) is 35.3. The first kappa shape index (κ1) is 20.4. The van der Waals surface area contributed by atoms with Crippen molar-refractivity contribution in [3.8, 4) is 0 Å². The van der Waals surface area contributed by atoms with E-state index >= 15 is 0 Å². The van der Waals surface area contributed by atoms with Gasteiger partial charge in [0.1, 0.15) is 12.1 Å². The van der Waals surface area contributed by atoms with Gasteiger partial charge < -0.3 is 15.4 Å². The highest BCUT2D eigenvalue weighted by molar-refractivity contribution is 5.90. The number of rotatable bonds is 10. The molecule has 0 aromatic rings. The summed E-state index contributed by atoms with van der Waals surface area (Å²) in [6.07, 6.45) is 4.61. The third-order valence-electron chi connectivity index (χ3n) is 3.46. The average Bonchev–Trinajstić information content (AvgIpc) is 2.46. The van der Waals surface area contributed by atoms with E-state index in [0.717, 1.165) is 25.7 Å². The average molecular weight is 314 g/mol. The fourth-order valence-electron chi connectivity index (χ4n) is 2.18. The van der Waals surface area contributed by atoms with Crippen LogP contribution in [0.25, 0.3) is 0 Å². The van der Waals surface area contributed by atoms with Crippen molar-refractivity contribution in [2.45, 2.75) is 71.9 Å². The summed E-state index contributed by atoms with van der Waals surface area (Å²) in [7, 11) is 1.31. The minimum atomic E-state index is -0.663. The molecule has 2 atom stereocenters. The molecule has 0 saturated carbocycles. The van der Waals surface area contributed by atoms with Gasteiger partial charge in [-0.25, -0.2) is 4.79 Å². The van der Waals surface area contributed by atoms with E-state index in [-0.39, 0.29) is 17.7 Å². The molecule has 128 valence electrons. The summed E-state index contributed by atoms with van der Waals surface area (Å²) in [5, 5.41) is 5.32. The summed E-state index contributed by atoms with van der Waals surface area (Å²) >= 11 is 0. The lowest BCUT2D eigenvalue weighted by atomic mass is 10.0. The molecule has 0 rings (SSSR count). The molecule has 0 aromatic heterocycles. The van der Waals surface area contributed by atoms with Crippen LogP contribution in [-0.4, -0.2) is 37.0 Å². The summed E-state index contributed by atoms with van der Waals surface area (Å²) in [5.74, 6) is -1.14. The third kappa shape index (κ3) is 8.00. The Kier molecular flexibility index (Phi) is 10.2. The van der Waals surface area contributed by atoms with E-state index in [2.05, 4.69) is 17.6 Å². The topological polar surface area (TPSA) is 84.5 Å². The molecule has 2 N–H and O–H groups in total. The SMILES string of the molecule is CCCCCC[C@@H](NC(=O)[C@H](NC(C)=O)C(C)C)C(=O)OC. The Balaban J connectivity index is 4.69. The predicted molar refractivity (Wildman–Crippen MR) is 85.1 cm³/mol. The van der Waals surface area contributed by atoms with Gasteiger partial charge in [-0.05, 0) is 12.3 Å². The van der Waals surface area contributed by atoms with Crippen LogP contribution in [-0.2, 0) is 19.1 Å². The minimum absolute atomic E-state index is 0.0673. The summed E-state index contributed by atoms with van der Waals surface area (Å²) in [6, 6.07) is -1.32. The molecule has 0 aliphatic rings. The lowest BCUT2D eigenvalue weighted by Gasteiger charge is -2.24. The molecule has 2 amide bonds. The maximum Gasteiger partial charge on any atom is 0.328 e. The van der Waals surface area contributed by atoms with E-state index in [4.69, 9.17) is 4.74 Å². The van der Waals surface area contributed by atoms with E-state index in [9.17, 15) is 14.4 Å². The van der Waals surface area contributed by atoms with Crippen molar-refractivity contribution < 1.29 is 19.1 Å². The predicted octanol–water partition coefficient (Wildman–Crippen LogP) is 1.78. The van der Waals surface area contributed by atoms with Gasteiger partial charge in [0.2, 0.25) is 11.8 Å². The second kappa shape index (κ2) is 11.0. The van der Waals surface area contributed by atoms with Crippen molar-refractivity contribution in [1.82, 2.24) is 10.6 Å². The van der Waals surface area contributed by atoms with Crippen LogP contribution < -0.4 is 10.6 Å². The maximum atomic E-state index is 12.3. The molecular formula is C16H30N2O4. The summed E-state index contributed by atoms with van der Waals surface area (Å²) in [5.41, 5.74) is 0. The molecule has 0 spiro atoms. The van der Waals surface area contributed by atoms with Crippen LogP contribution in [0.15, 0.2) is 0 Å². The Labute approximate surface area is 133 Å². The Morgan fingerprint density at radius 2 is 1.68 bits per heavy atom. The fourth-order valence-corrected chi connectivity index (χ4v) is 2.18. The smallest absolute Gasteiger partial charge is 0.328 e. The zero-order valence-corrected chi connectivity index (χ0v) is 14.4. The van der Waals surface area contributed by atoms with Crippen molar-refractivity contribution in [3.63, 3.8) is 0 Å². The highest BCUT2D eigenvalue weighted by atomic mass is 16.5. The van der Waals surface area contributed by atoms with Crippen LogP contribution in [0.2, 0.25) is 0 Å². The number of ether oxygens (including phenoxy) is 1. The first-order valence-corrected chi connectivity index (χ1v) is 7.98. The number of methoxy groups -OCH3 is 1. The molecular weight excluding hydrogens is 284 g/mol. The van der Waals surface area contributed by atoms with E-state index in [0.29, 0.717) is 6.42 Å². The Hall–Kier alpha value is -1.59. The van der Waals surface area contributed by atoms with Crippen LogP contribution in [0, 0.1) is 5.92 Å². The second-order valence-electron chi connectivity index (χ2n) is 5.86. The van der Waals surface area contributed by atoms with E-state index in [1.165, 1.54) is 14.0 Å². The van der Waals surface area contributed by atoms with Crippen LogP contribution in [0.1, 0.15) is 59.8 Å². The number of carbonyl (C=O) groups excluding carboxylic acids is 3. The molecule has 0 aromatic carbocycles. The van der Waals surface area contributed by atoms with Crippen LogP contribution >= 0.6 is 0 Å². The molecule has 22 heavy (non-hydrogen) atoms. The van der Waals surface area contributed by atoms with Crippen molar-refractivity contribution in [2.24, 2.45) is 5.92 Å². The number of nitrogens with one attached hydrogen (secondary N) is 2. The molecule has 0 saturated heterocycles.